The van der Waals surface area contributed by atoms with Crippen LogP contribution in [-0.2, 0) is 9.59 Å². The van der Waals surface area contributed by atoms with Crippen LogP contribution in [0.25, 0.3) is 0 Å². The first-order valence-corrected chi connectivity index (χ1v) is 6.18. The molecule has 0 spiro atoms. The van der Waals surface area contributed by atoms with Crippen molar-refractivity contribution in [1.29, 1.82) is 0 Å². The fraction of sp³-hybridized carbons (Fsp3) is 0.467. The molecule has 0 radical (unpaired) electrons. The minimum Gasteiger partial charge on any atom is -0.504 e. The number of ketones is 2. The van der Waals surface area contributed by atoms with Crippen LogP contribution in [0.2, 0.25) is 0 Å². The summed E-state index contributed by atoms with van der Waals surface area (Å²) in [6.45, 7) is 7.44. The quantitative estimate of drug-likeness (QED) is 0.613. The summed E-state index contributed by atoms with van der Waals surface area (Å²) < 4.78 is 0. The Hall–Kier alpha value is -1.64. The van der Waals surface area contributed by atoms with Crippen LogP contribution < -0.4 is 0 Å². The molecular weight excluding hydrogens is 228 g/mol. The number of hydrogen-bond acceptors (Lipinski definition) is 3. The van der Waals surface area contributed by atoms with Gasteiger partial charge in [0.25, 0.3) is 0 Å². The van der Waals surface area contributed by atoms with E-state index < -0.39 is 5.78 Å². The Morgan fingerprint density at radius 2 is 2.00 bits per heavy atom. The average Bonchev–Trinajstić information content (AvgIpc) is 2.25. The standard InChI is InChI=1S/C15H20O3/c1-9(2)6-5-7-10(3)13-12(16)8-11(4)14(17)15(13)18/h6,8,10,18H,5,7H2,1-4H3. The summed E-state index contributed by atoms with van der Waals surface area (Å²) in [5.41, 5.74) is 1.78. The van der Waals surface area contributed by atoms with Crippen LogP contribution >= 0.6 is 0 Å². The van der Waals surface area contributed by atoms with E-state index in [9.17, 15) is 14.7 Å². The van der Waals surface area contributed by atoms with Crippen LogP contribution in [0, 0.1) is 5.92 Å². The van der Waals surface area contributed by atoms with Gasteiger partial charge >= 0.3 is 0 Å². The van der Waals surface area contributed by atoms with Gasteiger partial charge in [0, 0.05) is 11.1 Å². The molecule has 0 bridgehead atoms. The summed E-state index contributed by atoms with van der Waals surface area (Å²) in [6, 6.07) is 0. The molecule has 0 saturated heterocycles. The molecule has 0 amide bonds. The lowest BCUT2D eigenvalue weighted by Crippen LogP contribution is -2.22. The van der Waals surface area contributed by atoms with Crippen molar-refractivity contribution in [3.05, 3.63) is 34.6 Å². The van der Waals surface area contributed by atoms with E-state index in [1.165, 1.54) is 11.6 Å². The van der Waals surface area contributed by atoms with E-state index in [4.69, 9.17) is 0 Å². The number of aliphatic hydroxyl groups is 1. The second-order valence-electron chi connectivity index (χ2n) is 5.04. The summed E-state index contributed by atoms with van der Waals surface area (Å²) in [5.74, 6) is -1.15. The normalized spacial score (nSPS) is 17.7. The molecule has 0 fully saturated rings. The fourth-order valence-corrected chi connectivity index (χ4v) is 2.01. The van der Waals surface area contributed by atoms with Gasteiger partial charge in [-0.2, -0.15) is 0 Å². The smallest absolute Gasteiger partial charge is 0.223 e. The zero-order valence-corrected chi connectivity index (χ0v) is 11.4. The number of Topliss-reactive ketones (excluding diaryl/α,β-unsaturated/α-hetero) is 1. The van der Waals surface area contributed by atoms with E-state index >= 15 is 0 Å². The van der Waals surface area contributed by atoms with Gasteiger partial charge in [-0.3, -0.25) is 9.59 Å². The monoisotopic (exact) mass is 248 g/mol. The second kappa shape index (κ2) is 5.80. The van der Waals surface area contributed by atoms with Gasteiger partial charge in [0.1, 0.15) is 0 Å². The lowest BCUT2D eigenvalue weighted by molar-refractivity contribution is -0.118. The first-order valence-electron chi connectivity index (χ1n) is 6.18. The summed E-state index contributed by atoms with van der Waals surface area (Å²) in [6.07, 6.45) is 4.99. The van der Waals surface area contributed by atoms with Gasteiger partial charge in [-0.25, -0.2) is 0 Å². The van der Waals surface area contributed by atoms with E-state index in [0.717, 1.165) is 12.8 Å². The van der Waals surface area contributed by atoms with Crippen LogP contribution in [-0.4, -0.2) is 16.7 Å². The Morgan fingerprint density at radius 1 is 1.39 bits per heavy atom. The zero-order chi connectivity index (χ0) is 13.9. The number of aliphatic hydroxyl groups excluding tert-OH is 1. The van der Waals surface area contributed by atoms with Gasteiger partial charge in [0.15, 0.2) is 11.5 Å². The molecule has 98 valence electrons. The molecule has 1 atom stereocenters. The highest BCUT2D eigenvalue weighted by atomic mass is 16.3. The molecule has 1 unspecified atom stereocenters. The van der Waals surface area contributed by atoms with Crippen molar-refractivity contribution in [3.8, 4) is 0 Å². The van der Waals surface area contributed by atoms with Crippen molar-refractivity contribution in [2.24, 2.45) is 5.92 Å². The van der Waals surface area contributed by atoms with Gasteiger partial charge in [-0.15, -0.1) is 0 Å². The Labute approximate surface area is 108 Å². The van der Waals surface area contributed by atoms with Gasteiger partial charge in [-0.1, -0.05) is 18.6 Å². The van der Waals surface area contributed by atoms with Crippen molar-refractivity contribution < 1.29 is 14.7 Å². The third-order valence-electron chi connectivity index (χ3n) is 3.09. The second-order valence-corrected chi connectivity index (χ2v) is 5.04. The number of allylic oxidation sites excluding steroid dienone is 5. The highest BCUT2D eigenvalue weighted by molar-refractivity contribution is 6.21. The predicted octanol–water partition coefficient (Wildman–Crippen LogP) is 3.28. The Kier molecular flexibility index (Phi) is 4.65. The summed E-state index contributed by atoms with van der Waals surface area (Å²) in [7, 11) is 0. The zero-order valence-electron chi connectivity index (χ0n) is 11.4. The minimum atomic E-state index is -0.432. The van der Waals surface area contributed by atoms with Crippen LogP contribution in [0.1, 0.15) is 40.5 Å². The molecule has 0 aromatic carbocycles. The van der Waals surface area contributed by atoms with Crippen LogP contribution in [0.3, 0.4) is 0 Å². The lowest BCUT2D eigenvalue weighted by Gasteiger charge is -2.18. The number of carbonyl (C=O) groups excluding carboxylic acids is 2. The third kappa shape index (κ3) is 3.19. The molecule has 0 aliphatic heterocycles. The Balaban J connectivity index is 2.85. The van der Waals surface area contributed by atoms with E-state index in [1.54, 1.807) is 6.92 Å². The SMILES string of the molecule is CC(C)=CCCC(C)C1=C(O)C(=O)C(C)=CC1=O. The average molecular weight is 248 g/mol. The molecular formula is C15H20O3. The number of carbonyl (C=O) groups is 2. The van der Waals surface area contributed by atoms with Crippen molar-refractivity contribution in [2.75, 3.05) is 0 Å². The molecule has 0 saturated carbocycles. The fourth-order valence-electron chi connectivity index (χ4n) is 2.01. The lowest BCUT2D eigenvalue weighted by atomic mass is 9.86. The predicted molar refractivity (Wildman–Crippen MR) is 71.3 cm³/mol. The maximum absolute atomic E-state index is 11.8. The van der Waals surface area contributed by atoms with E-state index in [2.05, 4.69) is 6.08 Å². The van der Waals surface area contributed by atoms with E-state index in [1.807, 2.05) is 20.8 Å². The largest absolute Gasteiger partial charge is 0.504 e. The van der Waals surface area contributed by atoms with Crippen LogP contribution in [0.4, 0.5) is 0 Å². The van der Waals surface area contributed by atoms with Gasteiger partial charge in [-0.05, 0) is 45.6 Å². The summed E-state index contributed by atoms with van der Waals surface area (Å²) in [5, 5.41) is 9.81. The highest BCUT2D eigenvalue weighted by Gasteiger charge is 2.29. The molecule has 1 rings (SSSR count). The van der Waals surface area contributed by atoms with Crippen molar-refractivity contribution >= 4 is 11.6 Å². The molecule has 0 aromatic heterocycles. The molecule has 18 heavy (non-hydrogen) atoms. The molecule has 0 aromatic rings. The molecule has 1 N–H and O–H groups in total. The van der Waals surface area contributed by atoms with Gasteiger partial charge in [0.2, 0.25) is 5.78 Å². The van der Waals surface area contributed by atoms with Crippen molar-refractivity contribution in [2.45, 2.75) is 40.5 Å². The number of rotatable bonds is 4. The van der Waals surface area contributed by atoms with Crippen molar-refractivity contribution in [3.63, 3.8) is 0 Å². The van der Waals surface area contributed by atoms with E-state index in [-0.39, 0.29) is 23.0 Å². The van der Waals surface area contributed by atoms with Crippen molar-refractivity contribution in [1.82, 2.24) is 0 Å². The summed E-state index contributed by atoms with van der Waals surface area (Å²) >= 11 is 0. The van der Waals surface area contributed by atoms with E-state index in [0.29, 0.717) is 5.57 Å². The first-order chi connectivity index (χ1) is 8.34. The Morgan fingerprint density at radius 3 is 2.56 bits per heavy atom. The molecule has 0 heterocycles. The first kappa shape index (κ1) is 14.4. The topological polar surface area (TPSA) is 54.4 Å². The number of hydrogen-bond donors (Lipinski definition) is 1. The van der Waals surface area contributed by atoms with Gasteiger partial charge < -0.3 is 5.11 Å². The molecule has 1 aliphatic rings. The van der Waals surface area contributed by atoms with Crippen LogP contribution in [0.5, 0.6) is 0 Å². The molecule has 3 heteroatoms. The van der Waals surface area contributed by atoms with Gasteiger partial charge in [0.05, 0.1) is 0 Å². The maximum Gasteiger partial charge on any atom is 0.223 e. The highest BCUT2D eigenvalue weighted by Crippen LogP contribution is 2.26. The summed E-state index contributed by atoms with van der Waals surface area (Å²) in [4.78, 5) is 23.5. The van der Waals surface area contributed by atoms with Crippen LogP contribution in [0.15, 0.2) is 34.6 Å². The minimum absolute atomic E-state index is 0.110. The molecule has 1 aliphatic carbocycles. The Bertz CT molecular complexity index is 460. The maximum atomic E-state index is 11.8. The molecule has 3 nitrogen and oxygen atoms in total. The third-order valence-corrected chi connectivity index (χ3v) is 3.09.